The van der Waals surface area contributed by atoms with Gasteiger partial charge in [0.15, 0.2) is 4.34 Å². The fourth-order valence-electron chi connectivity index (χ4n) is 1.45. The van der Waals surface area contributed by atoms with E-state index in [9.17, 15) is 9.59 Å². The van der Waals surface area contributed by atoms with Crippen molar-refractivity contribution in [3.63, 3.8) is 0 Å². The molecule has 0 saturated heterocycles. The van der Waals surface area contributed by atoms with E-state index in [1.54, 1.807) is 24.3 Å². The van der Waals surface area contributed by atoms with Crippen LogP contribution in [-0.4, -0.2) is 34.9 Å². The number of amides is 2. The molecule has 1 aromatic heterocycles. The normalized spacial score (nSPS) is 10.1. The quantitative estimate of drug-likeness (QED) is 0.614. The Morgan fingerprint density at radius 3 is 2.86 bits per heavy atom. The minimum absolute atomic E-state index is 0.120. The van der Waals surface area contributed by atoms with E-state index < -0.39 is 5.91 Å². The molecule has 0 aliphatic rings. The summed E-state index contributed by atoms with van der Waals surface area (Å²) in [6.45, 7) is 0. The van der Waals surface area contributed by atoms with Crippen LogP contribution >= 0.6 is 23.1 Å². The van der Waals surface area contributed by atoms with Crippen LogP contribution in [0.3, 0.4) is 0 Å². The van der Waals surface area contributed by atoms with Crippen molar-refractivity contribution >= 4 is 40.0 Å². The molecule has 3 N–H and O–H groups in total. The second-order valence-corrected chi connectivity index (χ2v) is 5.98. The van der Waals surface area contributed by atoms with Crippen LogP contribution in [0.2, 0.25) is 0 Å². The fourth-order valence-corrected chi connectivity index (χ4v) is 2.93. The minimum Gasteiger partial charge on any atom is -0.496 e. The number of benzene rings is 1. The number of rotatable bonds is 6. The van der Waals surface area contributed by atoms with Crippen LogP contribution < -0.4 is 15.8 Å². The number of nitrogens with zero attached hydrogens (tertiary/aromatic N) is 2. The summed E-state index contributed by atoms with van der Waals surface area (Å²) in [5.41, 5.74) is 5.45. The van der Waals surface area contributed by atoms with E-state index in [1.165, 1.54) is 30.2 Å². The molecule has 0 aliphatic heterocycles. The lowest BCUT2D eigenvalue weighted by Gasteiger charge is -2.06. The molecule has 0 atom stereocenters. The highest BCUT2D eigenvalue weighted by molar-refractivity contribution is 8.01. The number of nitrogens with two attached hydrogens (primary N) is 1. The Kier molecular flexibility index (Phi) is 5.12. The number of thioether (sulfide) groups is 1. The first kappa shape index (κ1) is 15.3. The zero-order chi connectivity index (χ0) is 15.2. The minimum atomic E-state index is -0.435. The monoisotopic (exact) mass is 324 g/mol. The van der Waals surface area contributed by atoms with Gasteiger partial charge in [-0.3, -0.25) is 14.9 Å². The van der Waals surface area contributed by atoms with Crippen LogP contribution in [0.15, 0.2) is 28.6 Å². The number of hydrogen-bond donors (Lipinski definition) is 2. The largest absolute Gasteiger partial charge is 0.496 e. The first-order valence-electron chi connectivity index (χ1n) is 5.79. The Morgan fingerprint density at radius 2 is 2.14 bits per heavy atom. The smallest absolute Gasteiger partial charge is 0.261 e. The third-order valence-corrected chi connectivity index (χ3v) is 4.31. The predicted octanol–water partition coefficient (Wildman–Crippen LogP) is 1.38. The highest BCUT2D eigenvalue weighted by Crippen LogP contribution is 2.26. The molecule has 1 aromatic carbocycles. The molecule has 0 fully saturated rings. The number of hydrogen-bond acceptors (Lipinski definition) is 7. The summed E-state index contributed by atoms with van der Waals surface area (Å²) >= 11 is 2.35. The van der Waals surface area contributed by atoms with Crippen LogP contribution in [0.25, 0.3) is 0 Å². The van der Waals surface area contributed by atoms with Crippen molar-refractivity contribution in [1.82, 2.24) is 10.2 Å². The number of carbonyl (C=O) groups excluding carboxylic acids is 2. The van der Waals surface area contributed by atoms with Gasteiger partial charge in [0.1, 0.15) is 5.75 Å². The Labute approximate surface area is 128 Å². The molecular formula is C12H12N4O3S2. The number of para-hydroxylation sites is 1. The Hall–Kier alpha value is -2.13. The van der Waals surface area contributed by atoms with Crippen LogP contribution in [0.5, 0.6) is 5.75 Å². The number of methoxy groups -OCH3 is 1. The third-order valence-electron chi connectivity index (χ3n) is 2.32. The zero-order valence-corrected chi connectivity index (χ0v) is 12.7. The van der Waals surface area contributed by atoms with Gasteiger partial charge in [-0.1, -0.05) is 35.2 Å². The van der Waals surface area contributed by atoms with Crippen molar-refractivity contribution in [3.8, 4) is 5.75 Å². The first-order valence-corrected chi connectivity index (χ1v) is 7.59. The van der Waals surface area contributed by atoms with E-state index in [0.717, 1.165) is 0 Å². The molecule has 2 amide bonds. The first-order chi connectivity index (χ1) is 10.1. The molecule has 7 nitrogen and oxygen atoms in total. The second kappa shape index (κ2) is 7.04. The van der Waals surface area contributed by atoms with Crippen molar-refractivity contribution in [1.29, 1.82) is 0 Å². The Bertz CT molecular complexity index is 659. The lowest BCUT2D eigenvalue weighted by molar-refractivity contribution is -0.115. The van der Waals surface area contributed by atoms with Crippen molar-refractivity contribution in [2.24, 2.45) is 5.73 Å². The maximum atomic E-state index is 12.1. The average Bonchev–Trinajstić information content (AvgIpc) is 2.92. The average molecular weight is 324 g/mol. The van der Waals surface area contributed by atoms with Gasteiger partial charge in [-0.2, -0.15) is 0 Å². The van der Waals surface area contributed by atoms with Gasteiger partial charge in [0.05, 0.1) is 18.4 Å². The van der Waals surface area contributed by atoms with Crippen molar-refractivity contribution in [2.75, 3.05) is 18.2 Å². The van der Waals surface area contributed by atoms with Gasteiger partial charge < -0.3 is 10.5 Å². The molecule has 110 valence electrons. The highest BCUT2D eigenvalue weighted by atomic mass is 32.2. The van der Waals surface area contributed by atoms with Gasteiger partial charge in [-0.25, -0.2) is 0 Å². The molecule has 0 bridgehead atoms. The lowest BCUT2D eigenvalue weighted by Crippen LogP contribution is -2.12. The Balaban J connectivity index is 2.04. The summed E-state index contributed by atoms with van der Waals surface area (Å²) in [6.07, 6.45) is 0. The van der Waals surface area contributed by atoms with Gasteiger partial charge in [0.2, 0.25) is 11.0 Å². The van der Waals surface area contributed by atoms with E-state index in [2.05, 4.69) is 15.5 Å². The SMILES string of the molecule is COc1ccccc1C(=O)Nc1nnc(SCC(N)=O)s1. The van der Waals surface area contributed by atoms with Gasteiger partial charge in [-0.05, 0) is 12.1 Å². The van der Waals surface area contributed by atoms with E-state index in [0.29, 0.717) is 20.8 Å². The number of ether oxygens (including phenoxy) is 1. The number of primary amides is 1. The summed E-state index contributed by atoms with van der Waals surface area (Å²) < 4.78 is 5.68. The Morgan fingerprint density at radius 1 is 1.38 bits per heavy atom. The molecule has 21 heavy (non-hydrogen) atoms. The summed E-state index contributed by atoms with van der Waals surface area (Å²) in [5.74, 6) is -0.178. The van der Waals surface area contributed by atoms with Crippen LogP contribution in [0.1, 0.15) is 10.4 Å². The zero-order valence-electron chi connectivity index (χ0n) is 11.0. The standard InChI is InChI=1S/C12H12N4O3S2/c1-19-8-5-3-2-4-7(8)10(18)14-11-15-16-12(21-11)20-6-9(13)17/h2-5H,6H2,1H3,(H2,13,17)(H,14,15,18). The van der Waals surface area contributed by atoms with Crippen molar-refractivity contribution in [3.05, 3.63) is 29.8 Å². The van der Waals surface area contributed by atoms with Crippen LogP contribution in [0, 0.1) is 0 Å². The number of anilines is 1. The summed E-state index contributed by atoms with van der Waals surface area (Å²) in [4.78, 5) is 22.8. The fraction of sp³-hybridized carbons (Fsp3) is 0.167. The molecule has 0 radical (unpaired) electrons. The molecule has 1 heterocycles. The summed E-state index contributed by atoms with van der Waals surface area (Å²) in [5, 5.41) is 10.7. The number of carbonyl (C=O) groups is 2. The van der Waals surface area contributed by atoms with Crippen LogP contribution in [0.4, 0.5) is 5.13 Å². The topological polar surface area (TPSA) is 107 Å². The summed E-state index contributed by atoms with van der Waals surface area (Å²) in [7, 11) is 1.50. The number of nitrogens with one attached hydrogen (secondary N) is 1. The van der Waals surface area contributed by atoms with Crippen LogP contribution in [-0.2, 0) is 4.79 Å². The van der Waals surface area contributed by atoms with Gasteiger partial charge in [-0.15, -0.1) is 10.2 Å². The maximum absolute atomic E-state index is 12.1. The maximum Gasteiger partial charge on any atom is 0.261 e. The van der Waals surface area contributed by atoms with E-state index >= 15 is 0 Å². The second-order valence-electron chi connectivity index (χ2n) is 3.78. The molecule has 0 spiro atoms. The highest BCUT2D eigenvalue weighted by Gasteiger charge is 2.14. The van der Waals surface area contributed by atoms with E-state index in [-0.39, 0.29) is 11.7 Å². The molecule has 0 aliphatic carbocycles. The molecule has 0 saturated carbocycles. The van der Waals surface area contributed by atoms with Gasteiger partial charge in [0, 0.05) is 0 Å². The number of aromatic nitrogens is 2. The molecule has 0 unspecified atom stereocenters. The lowest BCUT2D eigenvalue weighted by atomic mass is 10.2. The molecule has 9 heteroatoms. The van der Waals surface area contributed by atoms with Crippen molar-refractivity contribution < 1.29 is 14.3 Å². The summed E-state index contributed by atoms with van der Waals surface area (Å²) in [6, 6.07) is 6.87. The van der Waals surface area contributed by atoms with Gasteiger partial charge in [0.25, 0.3) is 5.91 Å². The molecule has 2 rings (SSSR count). The van der Waals surface area contributed by atoms with E-state index in [4.69, 9.17) is 10.5 Å². The third kappa shape index (κ3) is 4.17. The molecular weight excluding hydrogens is 312 g/mol. The molecule has 2 aromatic rings. The predicted molar refractivity (Wildman–Crippen MR) is 80.8 cm³/mol. The van der Waals surface area contributed by atoms with Crippen molar-refractivity contribution in [2.45, 2.75) is 4.34 Å². The van der Waals surface area contributed by atoms with E-state index in [1.807, 2.05) is 0 Å². The van der Waals surface area contributed by atoms with Gasteiger partial charge >= 0.3 is 0 Å².